The number of pyridine rings is 1. The van der Waals surface area contributed by atoms with Gasteiger partial charge >= 0.3 is 5.69 Å². The van der Waals surface area contributed by atoms with E-state index in [1.54, 1.807) is 42.5 Å². The average Bonchev–Trinajstić information content (AvgIpc) is 3.12. The zero-order valence-corrected chi connectivity index (χ0v) is 15.9. The van der Waals surface area contributed by atoms with E-state index in [2.05, 4.69) is 20.3 Å². The fourth-order valence-electron chi connectivity index (χ4n) is 2.90. The van der Waals surface area contributed by atoms with Gasteiger partial charge in [0.15, 0.2) is 11.4 Å². The number of aromatic amines is 2. The summed E-state index contributed by atoms with van der Waals surface area (Å²) >= 11 is 0. The summed E-state index contributed by atoms with van der Waals surface area (Å²) in [4.78, 5) is 33.4. The monoisotopic (exact) mass is 408 g/mol. The van der Waals surface area contributed by atoms with Crippen molar-refractivity contribution in [1.82, 2.24) is 15.0 Å². The fraction of sp³-hybridized carbons (Fsp3) is 0.0952. The van der Waals surface area contributed by atoms with Crippen molar-refractivity contribution >= 4 is 22.8 Å². The first-order chi connectivity index (χ1) is 14.5. The minimum atomic E-state index is -0.974. The maximum Gasteiger partial charge on any atom is 0.325 e. The van der Waals surface area contributed by atoms with Gasteiger partial charge in [0.2, 0.25) is 6.86 Å². The van der Waals surface area contributed by atoms with Crippen molar-refractivity contribution in [3.8, 4) is 17.2 Å². The molecule has 3 N–H and O–H groups in total. The number of aryl methyl sites for hydroxylation is 1. The zero-order valence-electron chi connectivity index (χ0n) is 15.9. The van der Waals surface area contributed by atoms with Crippen LogP contribution in [0.3, 0.4) is 0 Å². The summed E-state index contributed by atoms with van der Waals surface area (Å²) in [6.07, 6.45) is 1.52. The third kappa shape index (κ3) is 4.00. The fourth-order valence-corrected chi connectivity index (χ4v) is 2.90. The van der Waals surface area contributed by atoms with Crippen molar-refractivity contribution in [3.05, 3.63) is 76.3 Å². The van der Waals surface area contributed by atoms with E-state index in [4.69, 9.17) is 9.47 Å². The van der Waals surface area contributed by atoms with Crippen LogP contribution in [0.15, 0.2) is 59.5 Å². The Hall–Kier alpha value is -4.14. The van der Waals surface area contributed by atoms with E-state index < -0.39 is 6.86 Å². The van der Waals surface area contributed by atoms with Crippen LogP contribution in [0.4, 0.5) is 10.1 Å². The minimum Gasteiger partial charge on any atom is -0.463 e. The van der Waals surface area contributed by atoms with Crippen molar-refractivity contribution in [1.29, 1.82) is 0 Å². The topological polar surface area (TPSA) is 109 Å². The van der Waals surface area contributed by atoms with Gasteiger partial charge in [0.1, 0.15) is 17.0 Å². The Balaban J connectivity index is 1.58. The molecule has 0 saturated heterocycles. The lowest BCUT2D eigenvalue weighted by Gasteiger charge is -2.12. The molecule has 0 unspecified atom stereocenters. The van der Waals surface area contributed by atoms with Crippen LogP contribution >= 0.6 is 0 Å². The maximum atomic E-state index is 12.5. The molecule has 4 aromatic rings. The van der Waals surface area contributed by atoms with Gasteiger partial charge in [-0.3, -0.25) is 9.78 Å². The van der Waals surface area contributed by atoms with Gasteiger partial charge in [-0.15, -0.1) is 0 Å². The van der Waals surface area contributed by atoms with Crippen molar-refractivity contribution in [2.45, 2.75) is 6.92 Å². The number of amides is 1. The molecule has 0 saturated carbocycles. The van der Waals surface area contributed by atoms with E-state index in [1.807, 2.05) is 6.92 Å². The smallest absolute Gasteiger partial charge is 0.325 e. The summed E-state index contributed by atoms with van der Waals surface area (Å²) in [5.74, 6) is 0.800. The molecule has 1 amide bonds. The first-order valence-electron chi connectivity index (χ1n) is 8.99. The molecule has 2 aromatic carbocycles. The van der Waals surface area contributed by atoms with Gasteiger partial charge in [0.25, 0.3) is 5.91 Å². The quantitative estimate of drug-likeness (QED) is 0.448. The molecule has 0 atom stereocenters. The lowest BCUT2D eigenvalue weighted by atomic mass is 10.1. The third-order valence-corrected chi connectivity index (χ3v) is 4.37. The number of halogens is 1. The lowest BCUT2D eigenvalue weighted by molar-refractivity contribution is 0.102. The zero-order chi connectivity index (χ0) is 21.1. The van der Waals surface area contributed by atoms with Crippen LogP contribution in [0.1, 0.15) is 15.9 Å². The molecule has 8 nitrogen and oxygen atoms in total. The molecule has 0 spiro atoms. The molecule has 4 rings (SSSR count). The van der Waals surface area contributed by atoms with Gasteiger partial charge in [-0.1, -0.05) is 12.1 Å². The predicted octanol–water partition coefficient (Wildman–Crippen LogP) is 3.91. The summed E-state index contributed by atoms with van der Waals surface area (Å²) < 4.78 is 23.1. The predicted molar refractivity (Wildman–Crippen MR) is 109 cm³/mol. The van der Waals surface area contributed by atoms with Gasteiger partial charge in [0, 0.05) is 29.6 Å². The van der Waals surface area contributed by atoms with Crippen LogP contribution in [0.25, 0.3) is 11.2 Å². The Kier molecular flexibility index (Phi) is 5.17. The molecular weight excluding hydrogens is 391 g/mol. The highest BCUT2D eigenvalue weighted by atomic mass is 19.1. The largest absolute Gasteiger partial charge is 0.463 e. The van der Waals surface area contributed by atoms with Gasteiger partial charge in [-0.2, -0.15) is 0 Å². The van der Waals surface area contributed by atoms with Gasteiger partial charge in [0.05, 0.1) is 0 Å². The van der Waals surface area contributed by atoms with E-state index in [9.17, 15) is 14.0 Å². The number of fused-ring (bicyclic) bond motifs is 1. The number of nitrogens with one attached hydrogen (secondary N) is 3. The van der Waals surface area contributed by atoms with Crippen LogP contribution < -0.4 is 20.5 Å². The van der Waals surface area contributed by atoms with E-state index in [-0.39, 0.29) is 17.3 Å². The normalized spacial score (nSPS) is 10.7. The number of carbonyl (C=O) groups excluding carboxylic acids is 1. The highest BCUT2D eigenvalue weighted by Crippen LogP contribution is 2.31. The first kappa shape index (κ1) is 19.2. The summed E-state index contributed by atoms with van der Waals surface area (Å²) in [5, 5.41) is 2.78. The third-order valence-electron chi connectivity index (χ3n) is 4.37. The van der Waals surface area contributed by atoms with Crippen LogP contribution in [0, 0.1) is 6.92 Å². The van der Waals surface area contributed by atoms with Crippen LogP contribution in [-0.2, 0) is 0 Å². The first-order valence-corrected chi connectivity index (χ1v) is 8.99. The number of hydrogen-bond donors (Lipinski definition) is 3. The number of H-pyrrole nitrogens is 2. The highest BCUT2D eigenvalue weighted by molar-refractivity contribution is 6.04. The van der Waals surface area contributed by atoms with Gasteiger partial charge < -0.3 is 19.8 Å². The van der Waals surface area contributed by atoms with E-state index in [0.29, 0.717) is 33.9 Å². The SMILES string of the molecule is Cc1ccc(NC(=O)c2cccc(OCF)c2)cc1Oc1ccnc2[nH]c(=O)[nH]c12. The molecule has 0 aliphatic carbocycles. The Bertz CT molecular complexity index is 1280. The number of nitrogens with zero attached hydrogens (tertiary/aromatic N) is 1. The van der Waals surface area contributed by atoms with Crippen LogP contribution in [-0.4, -0.2) is 27.7 Å². The standard InChI is InChI=1S/C21H17FN4O4/c1-12-5-6-14(24-20(27)13-3-2-4-15(9-13)29-11-22)10-17(12)30-16-7-8-23-19-18(16)25-21(28)26-19/h2-10H,11H2,1H3,(H,24,27)(H2,23,25,26,28). The lowest BCUT2D eigenvalue weighted by Crippen LogP contribution is -2.12. The van der Waals surface area contributed by atoms with Gasteiger partial charge in [-0.25, -0.2) is 14.2 Å². The van der Waals surface area contributed by atoms with Gasteiger partial charge in [-0.05, 0) is 36.8 Å². The molecule has 0 fully saturated rings. The Morgan fingerprint density at radius 2 is 2.00 bits per heavy atom. The van der Waals surface area contributed by atoms with E-state index in [1.165, 1.54) is 12.3 Å². The number of benzene rings is 2. The number of aromatic nitrogens is 3. The number of anilines is 1. The molecule has 30 heavy (non-hydrogen) atoms. The van der Waals surface area contributed by atoms with E-state index >= 15 is 0 Å². The Morgan fingerprint density at radius 3 is 2.83 bits per heavy atom. The Morgan fingerprint density at radius 1 is 1.13 bits per heavy atom. The van der Waals surface area contributed by atoms with Crippen molar-refractivity contribution in [2.24, 2.45) is 0 Å². The average molecular weight is 408 g/mol. The van der Waals surface area contributed by atoms with Crippen molar-refractivity contribution < 1.29 is 18.7 Å². The van der Waals surface area contributed by atoms with Crippen LogP contribution in [0.5, 0.6) is 17.2 Å². The summed E-state index contributed by atoms with van der Waals surface area (Å²) in [7, 11) is 0. The summed E-state index contributed by atoms with van der Waals surface area (Å²) in [6, 6.07) is 13.1. The number of alkyl halides is 1. The number of hydrogen-bond acceptors (Lipinski definition) is 5. The molecule has 0 radical (unpaired) electrons. The van der Waals surface area contributed by atoms with Crippen LogP contribution in [0.2, 0.25) is 0 Å². The number of imidazole rings is 1. The molecule has 2 aromatic heterocycles. The summed E-state index contributed by atoms with van der Waals surface area (Å²) in [6.45, 7) is 0.884. The Labute approximate surface area is 169 Å². The molecule has 152 valence electrons. The van der Waals surface area contributed by atoms with E-state index in [0.717, 1.165) is 5.56 Å². The highest BCUT2D eigenvalue weighted by Gasteiger charge is 2.12. The van der Waals surface area contributed by atoms with Crippen molar-refractivity contribution in [3.63, 3.8) is 0 Å². The molecule has 9 heteroatoms. The summed E-state index contributed by atoms with van der Waals surface area (Å²) in [5.41, 5.74) is 2.10. The second-order valence-corrected chi connectivity index (χ2v) is 6.43. The minimum absolute atomic E-state index is 0.264. The second-order valence-electron chi connectivity index (χ2n) is 6.43. The molecule has 0 aliphatic rings. The molecule has 0 aliphatic heterocycles. The second kappa shape index (κ2) is 8.08. The number of ether oxygens (including phenoxy) is 2. The number of rotatable bonds is 6. The van der Waals surface area contributed by atoms with Crippen molar-refractivity contribution in [2.75, 3.05) is 12.2 Å². The number of carbonyl (C=O) groups is 1. The molecule has 0 bridgehead atoms. The maximum absolute atomic E-state index is 12.5. The molecule has 2 heterocycles. The molecular formula is C21H17FN4O4.